The van der Waals surface area contributed by atoms with Crippen molar-refractivity contribution in [2.75, 3.05) is 6.54 Å². The molecule has 0 aliphatic heterocycles. The van der Waals surface area contributed by atoms with Gasteiger partial charge in [0.05, 0.1) is 6.54 Å². The van der Waals surface area contributed by atoms with Gasteiger partial charge in [0, 0.05) is 12.0 Å². The number of hydrogen-bond donors (Lipinski definition) is 1. The van der Waals surface area contributed by atoms with Gasteiger partial charge in [-0.1, -0.05) is 25.5 Å². The zero-order valence-corrected chi connectivity index (χ0v) is 11.4. The highest BCUT2D eigenvalue weighted by molar-refractivity contribution is 5.99. The van der Waals surface area contributed by atoms with Crippen molar-refractivity contribution in [2.24, 2.45) is 0 Å². The van der Waals surface area contributed by atoms with Gasteiger partial charge in [-0.05, 0) is 37.5 Å². The monoisotopic (exact) mass is 247 g/mol. The number of rotatable bonds is 6. The summed E-state index contributed by atoms with van der Waals surface area (Å²) in [6.45, 7) is 6.11. The second-order valence-corrected chi connectivity index (χ2v) is 4.60. The van der Waals surface area contributed by atoms with Gasteiger partial charge < -0.3 is 5.32 Å². The molecular formula is C15H21NO2. The third kappa shape index (κ3) is 4.32. The Morgan fingerprint density at radius 1 is 1.17 bits per heavy atom. The highest BCUT2D eigenvalue weighted by Crippen LogP contribution is 2.10. The van der Waals surface area contributed by atoms with E-state index in [9.17, 15) is 9.59 Å². The molecule has 18 heavy (non-hydrogen) atoms. The molecule has 1 aromatic rings. The molecule has 1 rings (SSSR count). The molecule has 3 nitrogen and oxygen atoms in total. The van der Waals surface area contributed by atoms with E-state index < -0.39 is 0 Å². The van der Waals surface area contributed by atoms with Crippen LogP contribution in [0.25, 0.3) is 0 Å². The number of Topliss-reactive ketones (excluding diaryl/α,β-unsaturated/α-hetero) is 1. The van der Waals surface area contributed by atoms with Gasteiger partial charge in [-0.3, -0.25) is 9.59 Å². The van der Waals surface area contributed by atoms with E-state index in [1.165, 1.54) is 5.56 Å². The molecule has 0 spiro atoms. The minimum Gasteiger partial charge on any atom is -0.349 e. The summed E-state index contributed by atoms with van der Waals surface area (Å²) < 4.78 is 0. The lowest BCUT2D eigenvalue weighted by Crippen LogP contribution is -2.29. The minimum atomic E-state index is -0.0472. The van der Waals surface area contributed by atoms with Gasteiger partial charge in [-0.25, -0.2) is 0 Å². The summed E-state index contributed by atoms with van der Waals surface area (Å²) >= 11 is 0. The highest BCUT2D eigenvalue weighted by atomic mass is 16.2. The fraction of sp³-hybridized carbons (Fsp3) is 0.467. The number of ketones is 1. The fourth-order valence-corrected chi connectivity index (χ4v) is 1.62. The zero-order chi connectivity index (χ0) is 13.5. The molecule has 0 saturated heterocycles. The van der Waals surface area contributed by atoms with Crippen molar-refractivity contribution in [3.63, 3.8) is 0 Å². The minimum absolute atomic E-state index is 0.0389. The molecule has 0 fully saturated rings. The van der Waals surface area contributed by atoms with E-state index in [0.717, 1.165) is 18.4 Å². The average Bonchev–Trinajstić information content (AvgIpc) is 2.36. The van der Waals surface area contributed by atoms with Gasteiger partial charge in [0.15, 0.2) is 5.78 Å². The van der Waals surface area contributed by atoms with E-state index in [-0.39, 0.29) is 18.2 Å². The van der Waals surface area contributed by atoms with Crippen molar-refractivity contribution in [3.8, 4) is 0 Å². The van der Waals surface area contributed by atoms with Crippen LogP contribution < -0.4 is 5.32 Å². The van der Waals surface area contributed by atoms with Gasteiger partial charge in [0.25, 0.3) is 0 Å². The Hall–Kier alpha value is -1.64. The summed E-state index contributed by atoms with van der Waals surface area (Å²) in [4.78, 5) is 23.3. The van der Waals surface area contributed by atoms with Crippen LogP contribution >= 0.6 is 0 Å². The SMILES string of the molecule is CCCCC(=O)NCC(=O)c1ccc(C)c(C)c1. The third-order valence-corrected chi connectivity index (χ3v) is 3.03. The van der Waals surface area contributed by atoms with Crippen molar-refractivity contribution in [1.29, 1.82) is 0 Å². The van der Waals surface area contributed by atoms with Gasteiger partial charge in [-0.15, -0.1) is 0 Å². The molecule has 0 bridgehead atoms. The molecule has 0 unspecified atom stereocenters. The first kappa shape index (κ1) is 14.4. The maximum Gasteiger partial charge on any atom is 0.220 e. The number of amides is 1. The standard InChI is InChI=1S/C15H21NO2/c1-4-5-6-15(18)16-10-14(17)13-8-7-11(2)12(3)9-13/h7-9H,4-6,10H2,1-3H3,(H,16,18). The highest BCUT2D eigenvalue weighted by Gasteiger charge is 2.08. The Morgan fingerprint density at radius 2 is 1.89 bits per heavy atom. The Bertz CT molecular complexity index is 438. The second-order valence-electron chi connectivity index (χ2n) is 4.60. The lowest BCUT2D eigenvalue weighted by molar-refractivity contribution is -0.121. The Kier molecular flexibility index (Phi) is 5.56. The Labute approximate surface area is 109 Å². The quantitative estimate of drug-likeness (QED) is 0.786. The van der Waals surface area contributed by atoms with Gasteiger partial charge in [-0.2, -0.15) is 0 Å². The van der Waals surface area contributed by atoms with Crippen LogP contribution in [0.5, 0.6) is 0 Å². The van der Waals surface area contributed by atoms with Crippen molar-refractivity contribution in [1.82, 2.24) is 5.32 Å². The first-order chi connectivity index (χ1) is 8.54. The van der Waals surface area contributed by atoms with E-state index >= 15 is 0 Å². The Balaban J connectivity index is 2.50. The van der Waals surface area contributed by atoms with Crippen molar-refractivity contribution >= 4 is 11.7 Å². The Morgan fingerprint density at radius 3 is 2.50 bits per heavy atom. The molecule has 0 atom stereocenters. The number of unbranched alkanes of at least 4 members (excludes halogenated alkanes) is 1. The van der Waals surface area contributed by atoms with Crippen molar-refractivity contribution in [2.45, 2.75) is 40.0 Å². The van der Waals surface area contributed by atoms with Gasteiger partial charge >= 0.3 is 0 Å². The normalized spacial score (nSPS) is 10.2. The summed E-state index contributed by atoms with van der Waals surface area (Å²) in [6, 6.07) is 5.61. The molecular weight excluding hydrogens is 226 g/mol. The van der Waals surface area contributed by atoms with Crippen LogP contribution in [0.2, 0.25) is 0 Å². The molecule has 3 heteroatoms. The number of nitrogens with one attached hydrogen (secondary N) is 1. The van der Waals surface area contributed by atoms with Crippen LogP contribution in [0.4, 0.5) is 0 Å². The number of carbonyl (C=O) groups is 2. The van der Waals surface area contributed by atoms with Crippen LogP contribution in [0.1, 0.15) is 47.7 Å². The first-order valence-electron chi connectivity index (χ1n) is 6.41. The van der Waals surface area contributed by atoms with Crippen molar-refractivity contribution in [3.05, 3.63) is 34.9 Å². The molecule has 0 aliphatic rings. The van der Waals surface area contributed by atoms with E-state index in [2.05, 4.69) is 5.32 Å². The number of hydrogen-bond acceptors (Lipinski definition) is 2. The molecule has 0 heterocycles. The van der Waals surface area contributed by atoms with Crippen LogP contribution in [-0.4, -0.2) is 18.2 Å². The summed E-state index contributed by atoms with van der Waals surface area (Å²) in [6.07, 6.45) is 2.35. The molecule has 1 aromatic carbocycles. The molecule has 1 N–H and O–H groups in total. The van der Waals surface area contributed by atoms with Crippen LogP contribution in [-0.2, 0) is 4.79 Å². The van der Waals surface area contributed by atoms with E-state index in [4.69, 9.17) is 0 Å². The molecule has 0 aromatic heterocycles. The predicted octanol–water partition coefficient (Wildman–Crippen LogP) is 2.79. The molecule has 1 amide bonds. The molecule has 0 aliphatic carbocycles. The maximum absolute atomic E-state index is 11.9. The summed E-state index contributed by atoms with van der Waals surface area (Å²) in [5.74, 6) is -0.0861. The fourth-order valence-electron chi connectivity index (χ4n) is 1.62. The van der Waals surface area contributed by atoms with Crippen LogP contribution in [0, 0.1) is 13.8 Å². The summed E-state index contributed by atoms with van der Waals surface area (Å²) in [7, 11) is 0. The van der Waals surface area contributed by atoms with Crippen molar-refractivity contribution < 1.29 is 9.59 Å². The predicted molar refractivity (Wildman–Crippen MR) is 72.8 cm³/mol. The topological polar surface area (TPSA) is 46.2 Å². The summed E-state index contributed by atoms with van der Waals surface area (Å²) in [5.41, 5.74) is 2.92. The van der Waals surface area contributed by atoms with Crippen LogP contribution in [0.3, 0.4) is 0 Å². The number of benzene rings is 1. The number of carbonyl (C=O) groups excluding carboxylic acids is 2. The molecule has 98 valence electrons. The lowest BCUT2D eigenvalue weighted by Gasteiger charge is -2.06. The van der Waals surface area contributed by atoms with E-state index in [1.54, 1.807) is 0 Å². The second kappa shape index (κ2) is 6.94. The maximum atomic E-state index is 11.9. The molecule has 0 radical (unpaired) electrons. The smallest absolute Gasteiger partial charge is 0.220 e. The average molecular weight is 247 g/mol. The largest absolute Gasteiger partial charge is 0.349 e. The number of aryl methyl sites for hydroxylation is 2. The van der Waals surface area contributed by atoms with Gasteiger partial charge in [0.1, 0.15) is 0 Å². The first-order valence-corrected chi connectivity index (χ1v) is 6.41. The van der Waals surface area contributed by atoms with E-state index in [1.807, 2.05) is 39.0 Å². The summed E-state index contributed by atoms with van der Waals surface area (Å²) in [5, 5.41) is 2.66. The molecule has 0 saturated carbocycles. The lowest BCUT2D eigenvalue weighted by atomic mass is 10.0. The van der Waals surface area contributed by atoms with E-state index in [0.29, 0.717) is 12.0 Å². The van der Waals surface area contributed by atoms with Gasteiger partial charge in [0.2, 0.25) is 5.91 Å². The third-order valence-electron chi connectivity index (χ3n) is 3.03. The van der Waals surface area contributed by atoms with Crippen LogP contribution in [0.15, 0.2) is 18.2 Å². The zero-order valence-electron chi connectivity index (χ0n) is 11.4.